The van der Waals surface area contributed by atoms with Crippen LogP contribution in [0, 0.1) is 6.92 Å². The Bertz CT molecular complexity index is 890. The first kappa shape index (κ1) is 11.6. The summed E-state index contributed by atoms with van der Waals surface area (Å²) in [5.41, 5.74) is 2.59. The first-order chi connectivity index (χ1) is 10.3. The third kappa shape index (κ3) is 1.93. The summed E-state index contributed by atoms with van der Waals surface area (Å²) in [4.78, 5) is 8.72. The molecule has 4 rings (SSSR count). The van der Waals surface area contributed by atoms with Gasteiger partial charge in [0.15, 0.2) is 17.3 Å². The molecule has 0 aliphatic carbocycles. The van der Waals surface area contributed by atoms with E-state index in [1.165, 1.54) is 0 Å². The Morgan fingerprint density at radius 2 is 2.24 bits per heavy atom. The maximum Gasteiger partial charge on any atom is 0.180 e. The van der Waals surface area contributed by atoms with Gasteiger partial charge in [-0.05, 0) is 6.92 Å². The summed E-state index contributed by atoms with van der Waals surface area (Å²) in [5, 5.41) is 13.8. The highest BCUT2D eigenvalue weighted by molar-refractivity contribution is 5.72. The van der Waals surface area contributed by atoms with Crippen molar-refractivity contribution in [1.29, 1.82) is 0 Å². The zero-order chi connectivity index (χ0) is 14.2. The van der Waals surface area contributed by atoms with Gasteiger partial charge in [-0.15, -0.1) is 0 Å². The third-order valence-electron chi connectivity index (χ3n) is 3.10. The lowest BCUT2D eigenvalue weighted by Crippen LogP contribution is -1.98. The average molecular weight is 281 g/mol. The molecule has 21 heavy (non-hydrogen) atoms. The molecule has 0 radical (unpaired) electrons. The van der Waals surface area contributed by atoms with Gasteiger partial charge in [0.05, 0.1) is 18.1 Å². The number of rotatable bonds is 3. The summed E-state index contributed by atoms with van der Waals surface area (Å²) in [7, 11) is 0. The van der Waals surface area contributed by atoms with Gasteiger partial charge in [0.25, 0.3) is 0 Å². The highest BCUT2D eigenvalue weighted by Gasteiger charge is 2.12. The first-order valence-corrected chi connectivity index (χ1v) is 6.33. The van der Waals surface area contributed by atoms with Crippen LogP contribution in [0.5, 0.6) is 0 Å². The molecular weight excluding hydrogens is 270 g/mol. The third-order valence-corrected chi connectivity index (χ3v) is 3.10. The van der Waals surface area contributed by atoms with Crippen LogP contribution >= 0.6 is 0 Å². The maximum atomic E-state index is 5.03. The fourth-order valence-electron chi connectivity index (χ4n) is 2.16. The molecule has 0 amide bonds. The zero-order valence-electron chi connectivity index (χ0n) is 11.1. The van der Waals surface area contributed by atoms with Crippen molar-refractivity contribution in [2.24, 2.45) is 0 Å². The highest BCUT2D eigenvalue weighted by atomic mass is 16.5. The smallest absolute Gasteiger partial charge is 0.180 e. The minimum atomic E-state index is 0.598. The molecule has 0 saturated heterocycles. The van der Waals surface area contributed by atoms with Crippen LogP contribution in [-0.4, -0.2) is 29.7 Å². The Kier molecular flexibility index (Phi) is 2.46. The van der Waals surface area contributed by atoms with Gasteiger partial charge in [-0.2, -0.15) is 5.10 Å². The van der Waals surface area contributed by atoms with Crippen molar-refractivity contribution in [3.05, 3.63) is 42.8 Å². The fourth-order valence-corrected chi connectivity index (χ4v) is 2.16. The van der Waals surface area contributed by atoms with E-state index < -0.39 is 0 Å². The van der Waals surface area contributed by atoms with Crippen LogP contribution in [0.15, 0.2) is 41.6 Å². The molecule has 4 aromatic rings. The number of hydrogen-bond acceptors (Lipinski definition) is 6. The van der Waals surface area contributed by atoms with Gasteiger partial charge in [-0.1, -0.05) is 5.16 Å². The van der Waals surface area contributed by atoms with Crippen LogP contribution in [-0.2, 0) is 0 Å². The molecule has 0 aliphatic heterocycles. The number of fused-ring (bicyclic) bond motifs is 1. The van der Waals surface area contributed by atoms with Crippen molar-refractivity contribution in [2.45, 2.75) is 6.92 Å². The molecule has 0 saturated carbocycles. The van der Waals surface area contributed by atoms with E-state index >= 15 is 0 Å². The molecular formula is C13H11N7O. The van der Waals surface area contributed by atoms with Gasteiger partial charge in [0.2, 0.25) is 0 Å². The number of aromatic nitrogens is 6. The molecule has 0 bridgehead atoms. The molecule has 8 nitrogen and oxygen atoms in total. The van der Waals surface area contributed by atoms with Gasteiger partial charge in [-0.3, -0.25) is 9.50 Å². The predicted molar refractivity (Wildman–Crippen MR) is 75.1 cm³/mol. The van der Waals surface area contributed by atoms with Crippen molar-refractivity contribution in [3.8, 4) is 11.3 Å². The van der Waals surface area contributed by atoms with Crippen molar-refractivity contribution in [1.82, 2.24) is 29.7 Å². The summed E-state index contributed by atoms with van der Waals surface area (Å²) in [5.74, 6) is 1.94. The molecule has 0 unspecified atom stereocenters. The second-order valence-corrected chi connectivity index (χ2v) is 4.55. The molecule has 0 spiro atoms. The molecule has 8 heteroatoms. The van der Waals surface area contributed by atoms with Gasteiger partial charge < -0.3 is 9.84 Å². The molecule has 104 valence electrons. The summed E-state index contributed by atoms with van der Waals surface area (Å²) < 4.78 is 6.97. The summed E-state index contributed by atoms with van der Waals surface area (Å²) >= 11 is 0. The van der Waals surface area contributed by atoms with E-state index in [9.17, 15) is 0 Å². The number of nitrogens with one attached hydrogen (secondary N) is 2. The number of imidazole rings is 1. The van der Waals surface area contributed by atoms with Gasteiger partial charge in [0.1, 0.15) is 5.76 Å². The van der Waals surface area contributed by atoms with E-state index in [2.05, 4.69) is 30.6 Å². The van der Waals surface area contributed by atoms with Gasteiger partial charge in [-0.25, -0.2) is 9.97 Å². The molecule has 2 N–H and O–H groups in total. The Morgan fingerprint density at radius 1 is 1.29 bits per heavy atom. The minimum absolute atomic E-state index is 0.598. The number of hydrogen-bond donors (Lipinski definition) is 2. The Balaban J connectivity index is 1.80. The van der Waals surface area contributed by atoms with E-state index in [1.807, 2.05) is 23.7 Å². The van der Waals surface area contributed by atoms with E-state index in [-0.39, 0.29) is 0 Å². The van der Waals surface area contributed by atoms with Crippen molar-refractivity contribution in [2.75, 3.05) is 5.32 Å². The topological polar surface area (TPSA) is 96.9 Å². The van der Waals surface area contributed by atoms with Crippen LogP contribution in [0.25, 0.3) is 16.9 Å². The summed E-state index contributed by atoms with van der Waals surface area (Å²) in [6, 6.07) is 1.80. The molecule has 0 atom stereocenters. The van der Waals surface area contributed by atoms with Gasteiger partial charge >= 0.3 is 0 Å². The number of anilines is 2. The Morgan fingerprint density at radius 3 is 3.00 bits per heavy atom. The predicted octanol–water partition coefficient (Wildman–Crippen LogP) is 2.16. The SMILES string of the molecule is Cc1cc(Nc2nccn3c(-c4cn[nH]c4)cnc23)no1. The van der Waals surface area contributed by atoms with Crippen LogP contribution in [0.4, 0.5) is 11.6 Å². The summed E-state index contributed by atoms with van der Waals surface area (Å²) in [6.07, 6.45) is 8.90. The monoisotopic (exact) mass is 281 g/mol. The lowest BCUT2D eigenvalue weighted by molar-refractivity contribution is 0.400. The maximum absolute atomic E-state index is 5.03. The van der Waals surface area contributed by atoms with Gasteiger partial charge in [0, 0.05) is 30.2 Å². The molecule has 4 heterocycles. The van der Waals surface area contributed by atoms with Crippen LogP contribution in [0.3, 0.4) is 0 Å². The second-order valence-electron chi connectivity index (χ2n) is 4.55. The standard InChI is InChI=1S/C13H11N7O/c1-8-4-11(19-21-8)18-12-13-15-7-10(9-5-16-17-6-9)20(13)3-2-14-12/h2-7H,1H3,(H,16,17)(H,14,18,19). The molecule has 0 fully saturated rings. The number of H-pyrrole nitrogens is 1. The molecule has 4 aromatic heterocycles. The first-order valence-electron chi connectivity index (χ1n) is 6.33. The number of aromatic amines is 1. The Labute approximate surface area is 118 Å². The fraction of sp³-hybridized carbons (Fsp3) is 0.0769. The van der Waals surface area contributed by atoms with Crippen molar-refractivity contribution < 1.29 is 4.52 Å². The van der Waals surface area contributed by atoms with E-state index in [4.69, 9.17) is 4.52 Å². The second kappa shape index (κ2) is 4.44. The van der Waals surface area contributed by atoms with Crippen LogP contribution in [0.2, 0.25) is 0 Å². The van der Waals surface area contributed by atoms with Crippen LogP contribution < -0.4 is 5.32 Å². The molecule has 0 aromatic carbocycles. The summed E-state index contributed by atoms with van der Waals surface area (Å²) in [6.45, 7) is 1.83. The largest absolute Gasteiger partial charge is 0.360 e. The lowest BCUT2D eigenvalue weighted by atomic mass is 10.3. The lowest BCUT2D eigenvalue weighted by Gasteiger charge is -2.04. The molecule has 0 aliphatic rings. The number of nitrogens with zero attached hydrogens (tertiary/aromatic N) is 5. The van der Waals surface area contributed by atoms with E-state index in [0.29, 0.717) is 17.3 Å². The Hall–Kier alpha value is -3.16. The van der Waals surface area contributed by atoms with Crippen molar-refractivity contribution in [3.63, 3.8) is 0 Å². The van der Waals surface area contributed by atoms with E-state index in [1.54, 1.807) is 24.7 Å². The highest BCUT2D eigenvalue weighted by Crippen LogP contribution is 2.24. The minimum Gasteiger partial charge on any atom is -0.360 e. The van der Waals surface area contributed by atoms with Crippen LogP contribution in [0.1, 0.15) is 5.76 Å². The quantitative estimate of drug-likeness (QED) is 0.597. The average Bonchev–Trinajstić information content (AvgIpc) is 3.18. The van der Waals surface area contributed by atoms with E-state index in [0.717, 1.165) is 17.0 Å². The normalized spacial score (nSPS) is 11.1. The number of aryl methyl sites for hydroxylation is 1. The van der Waals surface area contributed by atoms with Crippen molar-refractivity contribution >= 4 is 17.3 Å². The zero-order valence-corrected chi connectivity index (χ0v) is 11.1.